The topological polar surface area (TPSA) is 50.8 Å². The van der Waals surface area contributed by atoms with Crippen molar-refractivity contribution >= 4 is 29.9 Å². The van der Waals surface area contributed by atoms with Crippen molar-refractivity contribution in [1.29, 1.82) is 0 Å². The van der Waals surface area contributed by atoms with Crippen LogP contribution in [0.1, 0.15) is 36.5 Å². The number of fused-ring (bicyclic) bond motifs is 1. The third-order valence-electron chi connectivity index (χ3n) is 4.13. The van der Waals surface area contributed by atoms with Crippen molar-refractivity contribution in [2.24, 2.45) is 0 Å². The summed E-state index contributed by atoms with van der Waals surface area (Å²) in [4.78, 5) is 14.9. The molecule has 2 heterocycles. The Labute approximate surface area is 147 Å². The molecule has 1 aromatic rings. The first-order chi connectivity index (χ1) is 10.6. The minimum absolute atomic E-state index is 0. The maximum atomic E-state index is 12.6. The first-order valence-corrected chi connectivity index (χ1v) is 8.17. The molecule has 0 spiro atoms. The zero-order valence-corrected chi connectivity index (χ0v) is 14.7. The number of halogens is 2. The lowest BCUT2D eigenvalue weighted by molar-refractivity contribution is 0.0830. The molecule has 2 aliphatic heterocycles. The Morgan fingerprint density at radius 1 is 1.22 bits per heavy atom. The lowest BCUT2D eigenvalue weighted by Crippen LogP contribution is -2.48. The van der Waals surface area contributed by atoms with Crippen LogP contribution < -0.4 is 14.8 Å². The van der Waals surface area contributed by atoms with E-state index in [1.165, 1.54) is 19.3 Å². The van der Waals surface area contributed by atoms with Gasteiger partial charge in [0.15, 0.2) is 11.5 Å². The zero-order chi connectivity index (χ0) is 15.5. The van der Waals surface area contributed by atoms with Crippen molar-refractivity contribution in [1.82, 2.24) is 10.2 Å². The molecule has 128 valence electrons. The molecule has 1 saturated heterocycles. The van der Waals surface area contributed by atoms with Crippen molar-refractivity contribution in [3.05, 3.63) is 22.7 Å². The maximum absolute atomic E-state index is 12.6. The second kappa shape index (κ2) is 8.08. The number of nitrogens with zero attached hydrogens (tertiary/aromatic N) is 1. The highest BCUT2D eigenvalue weighted by molar-refractivity contribution is 6.31. The van der Waals surface area contributed by atoms with Crippen LogP contribution in [-0.2, 0) is 0 Å². The van der Waals surface area contributed by atoms with Crippen LogP contribution in [0.4, 0.5) is 0 Å². The molecule has 1 unspecified atom stereocenters. The number of carbonyl (C=O) groups excluding carboxylic acids is 1. The van der Waals surface area contributed by atoms with Crippen LogP contribution in [0.5, 0.6) is 11.5 Å². The van der Waals surface area contributed by atoms with Gasteiger partial charge in [-0.1, -0.05) is 18.0 Å². The summed E-state index contributed by atoms with van der Waals surface area (Å²) in [6, 6.07) is 3.31. The van der Waals surface area contributed by atoms with E-state index in [0.717, 1.165) is 13.1 Å². The lowest BCUT2D eigenvalue weighted by atomic mass is 10.1. The Morgan fingerprint density at radius 2 is 1.91 bits per heavy atom. The fourth-order valence-electron chi connectivity index (χ4n) is 2.95. The summed E-state index contributed by atoms with van der Waals surface area (Å²) in [6.07, 6.45) is 3.63. The Hall–Kier alpha value is -1.17. The largest absolute Gasteiger partial charge is 0.486 e. The minimum atomic E-state index is -0.178. The van der Waals surface area contributed by atoms with Crippen molar-refractivity contribution in [2.75, 3.05) is 26.3 Å². The maximum Gasteiger partial charge on any atom is 0.256 e. The molecule has 1 amide bonds. The Morgan fingerprint density at radius 3 is 2.65 bits per heavy atom. The number of hydrogen-bond acceptors (Lipinski definition) is 4. The van der Waals surface area contributed by atoms with Gasteiger partial charge in [-0.15, -0.1) is 12.4 Å². The zero-order valence-electron chi connectivity index (χ0n) is 13.1. The number of rotatable bonds is 3. The van der Waals surface area contributed by atoms with Gasteiger partial charge in [0, 0.05) is 24.2 Å². The van der Waals surface area contributed by atoms with E-state index >= 15 is 0 Å². The molecule has 5 nitrogen and oxygen atoms in total. The summed E-state index contributed by atoms with van der Waals surface area (Å²) in [6.45, 7) is 4.97. The Kier molecular flexibility index (Phi) is 6.39. The lowest BCUT2D eigenvalue weighted by Gasteiger charge is -2.33. The number of nitrogens with one attached hydrogen (secondary N) is 1. The number of carbonyl (C=O) groups is 1. The van der Waals surface area contributed by atoms with Crippen LogP contribution >= 0.6 is 24.0 Å². The monoisotopic (exact) mass is 360 g/mol. The van der Waals surface area contributed by atoms with Gasteiger partial charge in [-0.05, 0) is 25.8 Å². The van der Waals surface area contributed by atoms with Gasteiger partial charge < -0.3 is 14.8 Å². The van der Waals surface area contributed by atoms with Gasteiger partial charge >= 0.3 is 0 Å². The molecule has 0 aromatic heterocycles. The molecule has 1 fully saturated rings. The van der Waals surface area contributed by atoms with Crippen molar-refractivity contribution < 1.29 is 14.3 Å². The standard InChI is InChI=1S/C16H21ClN2O3.ClH/c1-11(19-5-3-2-4-6-19)18-16(20)13-9-12(17)10-14-15(13)22-8-7-21-14;/h9-11H,2-8H2,1H3,(H,18,20);1H. The van der Waals surface area contributed by atoms with Gasteiger partial charge in [-0.25, -0.2) is 0 Å². The normalized spacial score (nSPS) is 18.7. The van der Waals surface area contributed by atoms with Crippen molar-refractivity contribution in [2.45, 2.75) is 32.4 Å². The average molecular weight is 361 g/mol. The average Bonchev–Trinajstić information content (AvgIpc) is 2.54. The molecule has 0 aliphatic carbocycles. The van der Waals surface area contributed by atoms with Gasteiger partial charge in [0.1, 0.15) is 13.2 Å². The number of piperidine rings is 1. The van der Waals surface area contributed by atoms with Crippen molar-refractivity contribution in [3.63, 3.8) is 0 Å². The first-order valence-electron chi connectivity index (χ1n) is 7.79. The quantitative estimate of drug-likeness (QED) is 0.899. The first kappa shape index (κ1) is 18.2. The van der Waals surface area contributed by atoms with Crippen LogP contribution in [0.2, 0.25) is 5.02 Å². The van der Waals surface area contributed by atoms with Gasteiger partial charge in [-0.2, -0.15) is 0 Å². The van der Waals surface area contributed by atoms with Crippen LogP contribution in [0.15, 0.2) is 12.1 Å². The number of ether oxygens (including phenoxy) is 2. The smallest absolute Gasteiger partial charge is 0.256 e. The van der Waals surface area contributed by atoms with E-state index in [1.54, 1.807) is 12.1 Å². The summed E-state index contributed by atoms with van der Waals surface area (Å²) in [5.74, 6) is 0.843. The molecule has 2 aliphatic rings. The number of likely N-dealkylation sites (tertiary alicyclic amines) is 1. The Bertz CT molecular complexity index is 563. The molecular formula is C16H22Cl2N2O3. The summed E-state index contributed by atoms with van der Waals surface area (Å²) < 4.78 is 11.1. The molecular weight excluding hydrogens is 339 g/mol. The summed E-state index contributed by atoms with van der Waals surface area (Å²) in [5, 5.41) is 3.51. The highest BCUT2D eigenvalue weighted by atomic mass is 35.5. The van der Waals surface area contributed by atoms with E-state index < -0.39 is 0 Å². The van der Waals surface area contributed by atoms with E-state index in [0.29, 0.717) is 35.3 Å². The van der Waals surface area contributed by atoms with Crippen LogP contribution in [-0.4, -0.2) is 43.3 Å². The number of amides is 1. The highest BCUT2D eigenvalue weighted by Gasteiger charge is 2.24. The predicted octanol–water partition coefficient (Wildman–Crippen LogP) is 3.09. The van der Waals surface area contributed by atoms with Gasteiger partial charge in [0.2, 0.25) is 0 Å². The van der Waals surface area contributed by atoms with E-state index in [2.05, 4.69) is 10.2 Å². The second-order valence-corrected chi connectivity index (χ2v) is 6.16. The summed E-state index contributed by atoms with van der Waals surface area (Å²) >= 11 is 6.09. The van der Waals surface area contributed by atoms with Gasteiger partial charge in [0.05, 0.1) is 11.7 Å². The van der Waals surface area contributed by atoms with E-state index in [9.17, 15) is 4.79 Å². The fourth-order valence-corrected chi connectivity index (χ4v) is 3.16. The molecule has 0 bridgehead atoms. The summed E-state index contributed by atoms with van der Waals surface area (Å²) in [5.41, 5.74) is 0.436. The predicted molar refractivity (Wildman–Crippen MR) is 92.0 cm³/mol. The highest BCUT2D eigenvalue weighted by Crippen LogP contribution is 2.36. The summed E-state index contributed by atoms with van der Waals surface area (Å²) in [7, 11) is 0. The minimum Gasteiger partial charge on any atom is -0.486 e. The van der Waals surface area contributed by atoms with E-state index in [-0.39, 0.29) is 24.5 Å². The number of hydrogen-bond donors (Lipinski definition) is 1. The molecule has 3 rings (SSSR count). The third kappa shape index (κ3) is 4.22. The SMILES string of the molecule is CC(NC(=O)c1cc(Cl)cc2c1OCCO2)N1CCCCC1.Cl. The van der Waals surface area contributed by atoms with Gasteiger partial charge in [-0.3, -0.25) is 9.69 Å². The van der Waals surface area contributed by atoms with Crippen molar-refractivity contribution in [3.8, 4) is 11.5 Å². The van der Waals surface area contributed by atoms with E-state index in [4.69, 9.17) is 21.1 Å². The van der Waals surface area contributed by atoms with Crippen LogP contribution in [0.25, 0.3) is 0 Å². The fraction of sp³-hybridized carbons (Fsp3) is 0.562. The van der Waals surface area contributed by atoms with E-state index in [1.807, 2.05) is 6.92 Å². The second-order valence-electron chi connectivity index (χ2n) is 5.72. The van der Waals surface area contributed by atoms with Gasteiger partial charge in [0.25, 0.3) is 5.91 Å². The molecule has 1 aromatic carbocycles. The molecule has 0 saturated carbocycles. The molecule has 23 heavy (non-hydrogen) atoms. The van der Waals surface area contributed by atoms with Crippen LogP contribution in [0.3, 0.4) is 0 Å². The Balaban J connectivity index is 0.00000192. The molecule has 7 heteroatoms. The molecule has 1 atom stereocenters. The molecule has 1 N–H and O–H groups in total. The molecule has 0 radical (unpaired) electrons. The number of benzene rings is 1. The third-order valence-corrected chi connectivity index (χ3v) is 4.35. The van der Waals surface area contributed by atoms with Crippen LogP contribution in [0, 0.1) is 0 Å².